The van der Waals surface area contributed by atoms with E-state index >= 15 is 0 Å². The van der Waals surface area contributed by atoms with Crippen molar-refractivity contribution in [1.29, 1.82) is 0 Å². The van der Waals surface area contributed by atoms with Crippen LogP contribution in [0, 0.1) is 11.8 Å². The van der Waals surface area contributed by atoms with E-state index in [2.05, 4.69) is 0 Å². The average Bonchev–Trinajstić information content (AvgIpc) is 2.93. The summed E-state index contributed by atoms with van der Waals surface area (Å²) in [6, 6.07) is 18.1. The summed E-state index contributed by atoms with van der Waals surface area (Å²) in [6.45, 7) is 0.665. The molecular weight excluding hydrogens is 383 g/mol. The smallest absolute Gasteiger partial charge is 0.312 e. The average molecular weight is 406 g/mol. The van der Waals surface area contributed by atoms with Crippen LogP contribution >= 0.6 is 0 Å². The lowest BCUT2D eigenvalue weighted by atomic mass is 9.73. The Morgan fingerprint density at radius 1 is 0.967 bits per heavy atom. The van der Waals surface area contributed by atoms with Gasteiger partial charge in [0, 0.05) is 11.9 Å². The number of hydrogen-bond donors (Lipinski definition) is 0. The summed E-state index contributed by atoms with van der Waals surface area (Å²) < 4.78 is 22.5. The van der Waals surface area contributed by atoms with Gasteiger partial charge in [0.2, 0.25) is 0 Å². The molecular formula is C23H23BO6. The Hall–Kier alpha value is -2.64. The predicted octanol–water partition coefficient (Wildman–Crippen LogP) is 2.39. The first-order valence-corrected chi connectivity index (χ1v) is 9.99. The summed E-state index contributed by atoms with van der Waals surface area (Å²) >= 11 is 0. The lowest BCUT2D eigenvalue weighted by Gasteiger charge is -2.37. The molecule has 2 heterocycles. The van der Waals surface area contributed by atoms with Crippen molar-refractivity contribution < 1.29 is 28.5 Å². The molecule has 2 unspecified atom stereocenters. The summed E-state index contributed by atoms with van der Waals surface area (Å²) in [7, 11) is 6.12. The van der Waals surface area contributed by atoms with Crippen molar-refractivity contribution in [2.45, 2.75) is 31.2 Å². The minimum Gasteiger partial charge on any atom is -0.461 e. The molecule has 2 aliphatic heterocycles. The Kier molecular flexibility index (Phi) is 6.20. The normalized spacial score (nSPS) is 27.4. The van der Waals surface area contributed by atoms with E-state index < -0.39 is 29.5 Å². The Bertz CT molecular complexity index is 874. The number of ether oxygens (including phenoxy) is 4. The standard InChI is InChI=1S/C23H23BO6/c24-21-18-14-27-15-23(30-21,11-19(25)28-12-16-7-3-1-4-8-16)20(18)22(26)29-13-17-9-5-2-6-10-17/h1-10,18,20-21H,11-15H2/t18?,20?,21-,23+/m1/s1. The molecule has 154 valence electrons. The van der Waals surface area contributed by atoms with E-state index in [4.69, 9.17) is 26.8 Å². The van der Waals surface area contributed by atoms with Crippen molar-refractivity contribution in [2.75, 3.05) is 13.2 Å². The van der Waals surface area contributed by atoms with Crippen LogP contribution in [0.2, 0.25) is 0 Å². The van der Waals surface area contributed by atoms with Gasteiger partial charge in [0.25, 0.3) is 0 Å². The molecule has 2 fully saturated rings. The Labute approximate surface area is 176 Å². The molecule has 6 nitrogen and oxygen atoms in total. The van der Waals surface area contributed by atoms with E-state index in [1.807, 2.05) is 60.7 Å². The number of esters is 2. The summed E-state index contributed by atoms with van der Waals surface area (Å²) in [5.41, 5.74) is 0.583. The van der Waals surface area contributed by atoms with E-state index in [9.17, 15) is 9.59 Å². The minimum atomic E-state index is -1.18. The van der Waals surface area contributed by atoms with Crippen LogP contribution in [0.1, 0.15) is 17.5 Å². The molecule has 0 N–H and O–H groups in total. The second-order valence-corrected chi connectivity index (χ2v) is 7.72. The molecule has 2 saturated heterocycles. The summed E-state index contributed by atoms with van der Waals surface area (Å²) in [5.74, 6) is -1.97. The van der Waals surface area contributed by atoms with Crippen LogP contribution in [-0.2, 0) is 41.8 Å². The first kappa shape index (κ1) is 20.6. The quantitative estimate of drug-likeness (QED) is 0.520. The van der Waals surface area contributed by atoms with E-state index in [1.165, 1.54) is 0 Å². The zero-order valence-electron chi connectivity index (χ0n) is 16.6. The maximum atomic E-state index is 13.0. The highest BCUT2D eigenvalue weighted by atomic mass is 16.6. The molecule has 0 spiro atoms. The summed E-state index contributed by atoms with van der Waals surface area (Å²) in [6.07, 6.45) is -0.130. The van der Waals surface area contributed by atoms with Gasteiger partial charge in [-0.3, -0.25) is 9.59 Å². The highest BCUT2D eigenvalue weighted by Gasteiger charge is 2.61. The summed E-state index contributed by atoms with van der Waals surface area (Å²) in [5, 5.41) is 0. The Morgan fingerprint density at radius 2 is 1.57 bits per heavy atom. The first-order chi connectivity index (χ1) is 14.6. The van der Waals surface area contributed by atoms with E-state index in [-0.39, 0.29) is 38.8 Å². The van der Waals surface area contributed by atoms with Gasteiger partial charge in [-0.05, 0) is 11.1 Å². The van der Waals surface area contributed by atoms with E-state index in [0.717, 1.165) is 11.1 Å². The van der Waals surface area contributed by atoms with Crippen molar-refractivity contribution in [2.24, 2.45) is 11.8 Å². The fourth-order valence-electron chi connectivity index (χ4n) is 4.14. The van der Waals surface area contributed by atoms with Crippen LogP contribution in [0.25, 0.3) is 0 Å². The topological polar surface area (TPSA) is 71.1 Å². The van der Waals surface area contributed by atoms with E-state index in [0.29, 0.717) is 0 Å². The van der Waals surface area contributed by atoms with Gasteiger partial charge in [0.05, 0.1) is 25.6 Å². The van der Waals surface area contributed by atoms with Crippen LogP contribution < -0.4 is 0 Å². The van der Waals surface area contributed by atoms with Crippen LogP contribution in [0.15, 0.2) is 60.7 Å². The lowest BCUT2D eigenvalue weighted by molar-refractivity contribution is -0.175. The third-order valence-corrected chi connectivity index (χ3v) is 5.61. The van der Waals surface area contributed by atoms with Crippen molar-refractivity contribution >= 4 is 19.8 Å². The molecule has 7 heteroatoms. The maximum absolute atomic E-state index is 13.0. The largest absolute Gasteiger partial charge is 0.461 e. The number of hydrogen-bond acceptors (Lipinski definition) is 6. The Morgan fingerprint density at radius 3 is 2.20 bits per heavy atom. The van der Waals surface area contributed by atoms with Gasteiger partial charge in [-0.2, -0.15) is 0 Å². The fraction of sp³-hybridized carbons (Fsp3) is 0.391. The molecule has 4 rings (SSSR count). The molecule has 2 aromatic rings. The zero-order valence-corrected chi connectivity index (χ0v) is 16.6. The zero-order chi connectivity index (χ0) is 21.0. The van der Waals surface area contributed by atoms with Gasteiger partial charge >= 0.3 is 11.9 Å². The fourth-order valence-corrected chi connectivity index (χ4v) is 4.14. The lowest BCUT2D eigenvalue weighted by Crippen LogP contribution is -2.51. The highest BCUT2D eigenvalue weighted by Crippen LogP contribution is 2.46. The molecule has 0 aromatic heterocycles. The van der Waals surface area contributed by atoms with Crippen molar-refractivity contribution in [3.63, 3.8) is 0 Å². The molecule has 30 heavy (non-hydrogen) atoms. The van der Waals surface area contributed by atoms with Crippen molar-refractivity contribution in [1.82, 2.24) is 0 Å². The molecule has 0 saturated carbocycles. The molecule has 0 amide bonds. The van der Waals surface area contributed by atoms with Gasteiger partial charge in [-0.25, -0.2) is 0 Å². The predicted molar refractivity (Wildman–Crippen MR) is 108 cm³/mol. The molecule has 2 radical (unpaired) electrons. The summed E-state index contributed by atoms with van der Waals surface area (Å²) in [4.78, 5) is 25.5. The van der Waals surface area contributed by atoms with Gasteiger partial charge in [-0.15, -0.1) is 0 Å². The second kappa shape index (κ2) is 9.02. The molecule has 2 aliphatic rings. The molecule has 4 atom stereocenters. The number of carbonyl (C=O) groups excluding carboxylic acids is 2. The number of fused-ring (bicyclic) bond motifs is 2. The Balaban J connectivity index is 1.43. The maximum Gasteiger partial charge on any atom is 0.312 e. The highest BCUT2D eigenvalue weighted by molar-refractivity contribution is 6.11. The third-order valence-electron chi connectivity index (χ3n) is 5.61. The van der Waals surface area contributed by atoms with Gasteiger partial charge in [0.1, 0.15) is 26.7 Å². The number of benzene rings is 2. The van der Waals surface area contributed by atoms with Crippen LogP contribution in [-0.4, -0.2) is 44.6 Å². The van der Waals surface area contributed by atoms with Crippen LogP contribution in [0.3, 0.4) is 0 Å². The van der Waals surface area contributed by atoms with Gasteiger partial charge in [-0.1, -0.05) is 60.7 Å². The third kappa shape index (κ3) is 4.42. The molecule has 2 bridgehead atoms. The van der Waals surface area contributed by atoms with Gasteiger partial charge in [0.15, 0.2) is 0 Å². The first-order valence-electron chi connectivity index (χ1n) is 9.99. The van der Waals surface area contributed by atoms with Crippen molar-refractivity contribution in [3.05, 3.63) is 71.8 Å². The minimum absolute atomic E-state index is 0.0861. The monoisotopic (exact) mass is 406 g/mol. The van der Waals surface area contributed by atoms with Gasteiger partial charge < -0.3 is 18.9 Å². The number of carbonyl (C=O) groups is 2. The van der Waals surface area contributed by atoms with Crippen LogP contribution in [0.5, 0.6) is 0 Å². The molecule has 2 aromatic carbocycles. The second-order valence-electron chi connectivity index (χ2n) is 7.72. The number of rotatable bonds is 7. The molecule has 0 aliphatic carbocycles. The van der Waals surface area contributed by atoms with E-state index in [1.54, 1.807) is 0 Å². The van der Waals surface area contributed by atoms with Crippen LogP contribution in [0.4, 0.5) is 0 Å². The SMILES string of the molecule is [B][C@@H]1O[C@@]2(CC(=O)OCc3ccccc3)COCC1C2C(=O)OCc1ccccc1. The van der Waals surface area contributed by atoms with Crippen molar-refractivity contribution in [3.8, 4) is 0 Å².